The molecule has 0 fully saturated rings. The Labute approximate surface area is 142 Å². The van der Waals surface area contributed by atoms with E-state index in [1.807, 2.05) is 30.3 Å². The topological polar surface area (TPSA) is 66.9 Å². The maximum Gasteiger partial charge on any atom is 0.270 e. The lowest BCUT2D eigenvalue weighted by atomic mass is 9.97. The molecule has 0 unspecified atom stereocenters. The van der Waals surface area contributed by atoms with Crippen LogP contribution < -0.4 is 10.6 Å². The van der Waals surface area contributed by atoms with Crippen LogP contribution in [-0.2, 0) is 0 Å². The van der Waals surface area contributed by atoms with Gasteiger partial charge in [-0.3, -0.25) is 4.79 Å². The van der Waals surface area contributed by atoms with Crippen molar-refractivity contribution in [2.75, 3.05) is 11.9 Å². The zero-order chi connectivity index (χ0) is 16.6. The molecule has 0 radical (unpaired) electrons. The van der Waals surface area contributed by atoms with Gasteiger partial charge in [-0.15, -0.1) is 0 Å². The fraction of sp³-hybridized carbons (Fsp3) is 0.316. The minimum absolute atomic E-state index is 0.162. The Kier molecular flexibility index (Phi) is 5.56. The van der Waals surface area contributed by atoms with E-state index in [0.29, 0.717) is 18.1 Å². The molecule has 1 aromatic heterocycles. The molecule has 3 rings (SSSR count). The van der Waals surface area contributed by atoms with Crippen LogP contribution in [0.15, 0.2) is 54.4 Å². The molecule has 1 aliphatic carbocycles. The summed E-state index contributed by atoms with van der Waals surface area (Å²) in [5.41, 5.74) is 2.75. The zero-order valence-corrected chi connectivity index (χ0v) is 13.7. The van der Waals surface area contributed by atoms with Gasteiger partial charge in [0.05, 0.1) is 0 Å². The number of hydrogen-bond donors (Lipinski definition) is 2. The highest BCUT2D eigenvalue weighted by Crippen LogP contribution is 2.19. The summed E-state index contributed by atoms with van der Waals surface area (Å²) in [4.78, 5) is 20.5. The first-order chi connectivity index (χ1) is 11.8. The first kappa shape index (κ1) is 16.2. The van der Waals surface area contributed by atoms with E-state index in [0.717, 1.165) is 18.5 Å². The summed E-state index contributed by atoms with van der Waals surface area (Å²) in [7, 11) is 0. The van der Waals surface area contributed by atoms with Crippen LogP contribution in [0.4, 0.5) is 11.5 Å². The highest BCUT2D eigenvalue weighted by molar-refractivity contribution is 5.92. The predicted molar refractivity (Wildman–Crippen MR) is 95.3 cm³/mol. The van der Waals surface area contributed by atoms with Gasteiger partial charge in [0.2, 0.25) is 0 Å². The maximum atomic E-state index is 12.2. The fourth-order valence-corrected chi connectivity index (χ4v) is 2.78. The summed E-state index contributed by atoms with van der Waals surface area (Å²) >= 11 is 0. The highest BCUT2D eigenvalue weighted by Gasteiger charge is 2.09. The van der Waals surface area contributed by atoms with E-state index in [-0.39, 0.29) is 5.91 Å². The van der Waals surface area contributed by atoms with Gasteiger partial charge in [-0.05, 0) is 44.2 Å². The van der Waals surface area contributed by atoms with Gasteiger partial charge in [-0.2, -0.15) is 0 Å². The summed E-state index contributed by atoms with van der Waals surface area (Å²) in [6, 6.07) is 11.4. The molecule has 0 aliphatic heterocycles. The van der Waals surface area contributed by atoms with Gasteiger partial charge in [0.25, 0.3) is 5.91 Å². The van der Waals surface area contributed by atoms with Crippen molar-refractivity contribution in [3.63, 3.8) is 0 Å². The molecule has 0 atom stereocenters. The molecule has 2 N–H and O–H groups in total. The number of nitrogens with zero attached hydrogens (tertiary/aromatic N) is 2. The number of aromatic nitrogens is 2. The third-order valence-electron chi connectivity index (χ3n) is 4.06. The van der Waals surface area contributed by atoms with Crippen LogP contribution in [0, 0.1) is 0 Å². The van der Waals surface area contributed by atoms with Crippen LogP contribution in [0.1, 0.15) is 42.6 Å². The van der Waals surface area contributed by atoms with Crippen LogP contribution in [-0.4, -0.2) is 22.4 Å². The zero-order valence-electron chi connectivity index (χ0n) is 13.7. The molecule has 0 saturated heterocycles. The smallest absolute Gasteiger partial charge is 0.270 e. The van der Waals surface area contributed by atoms with Gasteiger partial charge in [-0.25, -0.2) is 9.97 Å². The molecule has 24 heavy (non-hydrogen) atoms. The highest BCUT2D eigenvalue weighted by atomic mass is 16.1. The quantitative estimate of drug-likeness (QED) is 0.793. The average molecular weight is 322 g/mol. The molecule has 0 spiro atoms. The Hall–Kier alpha value is -2.69. The van der Waals surface area contributed by atoms with Crippen molar-refractivity contribution in [1.82, 2.24) is 15.3 Å². The summed E-state index contributed by atoms with van der Waals surface area (Å²) < 4.78 is 0. The summed E-state index contributed by atoms with van der Waals surface area (Å²) in [6.45, 7) is 0.649. The molecule has 5 heteroatoms. The third kappa shape index (κ3) is 4.65. The fourth-order valence-electron chi connectivity index (χ4n) is 2.78. The number of nitrogens with one attached hydrogen (secondary N) is 2. The molecule has 2 aromatic rings. The van der Waals surface area contributed by atoms with E-state index in [1.54, 1.807) is 6.07 Å². The van der Waals surface area contributed by atoms with Gasteiger partial charge in [0, 0.05) is 18.3 Å². The van der Waals surface area contributed by atoms with Crippen molar-refractivity contribution >= 4 is 17.4 Å². The van der Waals surface area contributed by atoms with Crippen LogP contribution in [0.25, 0.3) is 0 Å². The number of carbonyl (C=O) groups excluding carboxylic acids is 1. The van der Waals surface area contributed by atoms with Crippen molar-refractivity contribution in [2.24, 2.45) is 0 Å². The normalized spacial score (nSPS) is 13.9. The molecular formula is C19H22N4O. The Morgan fingerprint density at radius 1 is 1.12 bits per heavy atom. The van der Waals surface area contributed by atoms with E-state index < -0.39 is 0 Å². The number of anilines is 2. The van der Waals surface area contributed by atoms with Crippen molar-refractivity contribution < 1.29 is 4.79 Å². The second kappa shape index (κ2) is 8.24. The van der Waals surface area contributed by atoms with Crippen LogP contribution in [0.3, 0.4) is 0 Å². The Morgan fingerprint density at radius 2 is 2.00 bits per heavy atom. The molecule has 0 saturated carbocycles. The standard InChI is InChI=1S/C19H22N4O/c24-19(20-12-11-15-7-3-1-4-8-15)17-13-18(22-14-21-17)23-16-9-5-2-6-10-16/h2,5-7,9-10,13-14H,1,3-4,8,11-12H2,(H,20,24)(H,21,22,23). The first-order valence-corrected chi connectivity index (χ1v) is 8.41. The maximum absolute atomic E-state index is 12.2. The minimum atomic E-state index is -0.162. The molecule has 124 valence electrons. The molecule has 5 nitrogen and oxygen atoms in total. The number of carbonyl (C=O) groups is 1. The second-order valence-corrected chi connectivity index (χ2v) is 5.89. The second-order valence-electron chi connectivity index (χ2n) is 5.89. The molecular weight excluding hydrogens is 300 g/mol. The average Bonchev–Trinajstić information content (AvgIpc) is 2.64. The number of rotatable bonds is 6. The van der Waals surface area contributed by atoms with E-state index in [2.05, 4.69) is 26.7 Å². The Morgan fingerprint density at radius 3 is 2.79 bits per heavy atom. The van der Waals surface area contributed by atoms with Crippen molar-refractivity contribution in [3.8, 4) is 0 Å². The SMILES string of the molecule is O=C(NCCC1=CCCCC1)c1cc(Nc2ccccc2)ncn1. The lowest BCUT2D eigenvalue weighted by Crippen LogP contribution is -2.26. The third-order valence-corrected chi connectivity index (χ3v) is 4.06. The number of amides is 1. The van der Waals surface area contributed by atoms with Gasteiger partial charge in [0.1, 0.15) is 17.8 Å². The van der Waals surface area contributed by atoms with Crippen molar-refractivity contribution in [3.05, 3.63) is 60.1 Å². The number of hydrogen-bond acceptors (Lipinski definition) is 4. The number of para-hydroxylation sites is 1. The Balaban J connectivity index is 1.55. The largest absolute Gasteiger partial charge is 0.350 e. The summed E-state index contributed by atoms with van der Waals surface area (Å²) in [5, 5.41) is 6.11. The molecule has 1 amide bonds. The van der Waals surface area contributed by atoms with Gasteiger partial charge in [0.15, 0.2) is 0 Å². The minimum Gasteiger partial charge on any atom is -0.350 e. The molecule has 0 bridgehead atoms. The van der Waals surface area contributed by atoms with Gasteiger partial charge in [-0.1, -0.05) is 29.8 Å². The molecule has 1 heterocycles. The summed E-state index contributed by atoms with van der Waals surface area (Å²) in [6.07, 6.45) is 9.52. The lowest BCUT2D eigenvalue weighted by Gasteiger charge is -2.13. The predicted octanol–water partition coefficient (Wildman–Crippen LogP) is 3.84. The van der Waals surface area contributed by atoms with Crippen LogP contribution >= 0.6 is 0 Å². The van der Waals surface area contributed by atoms with E-state index in [4.69, 9.17) is 0 Å². The van der Waals surface area contributed by atoms with Crippen LogP contribution in [0.5, 0.6) is 0 Å². The van der Waals surface area contributed by atoms with E-state index >= 15 is 0 Å². The van der Waals surface area contributed by atoms with Crippen LogP contribution in [0.2, 0.25) is 0 Å². The van der Waals surface area contributed by atoms with Crippen molar-refractivity contribution in [2.45, 2.75) is 32.1 Å². The monoisotopic (exact) mass is 322 g/mol. The van der Waals surface area contributed by atoms with Crippen molar-refractivity contribution in [1.29, 1.82) is 0 Å². The Bertz CT molecular complexity index is 712. The first-order valence-electron chi connectivity index (χ1n) is 8.41. The van der Waals surface area contributed by atoms with Gasteiger partial charge < -0.3 is 10.6 Å². The van der Waals surface area contributed by atoms with Gasteiger partial charge >= 0.3 is 0 Å². The number of allylic oxidation sites excluding steroid dienone is 1. The molecule has 1 aliphatic rings. The number of benzene rings is 1. The lowest BCUT2D eigenvalue weighted by molar-refractivity contribution is 0.0949. The van der Waals surface area contributed by atoms with E-state index in [1.165, 1.54) is 31.2 Å². The molecule has 1 aromatic carbocycles. The summed E-state index contributed by atoms with van der Waals surface area (Å²) in [5.74, 6) is 0.446. The van der Waals surface area contributed by atoms with E-state index in [9.17, 15) is 4.79 Å².